The van der Waals surface area contributed by atoms with Crippen LogP contribution < -0.4 is 5.14 Å². The van der Waals surface area contributed by atoms with Crippen LogP contribution >= 0.6 is 0 Å². The van der Waals surface area contributed by atoms with Crippen LogP contribution in [0.2, 0.25) is 0 Å². The minimum atomic E-state index is -3.71. The number of primary sulfonamides is 1. The molecule has 170 valence electrons. The summed E-state index contributed by atoms with van der Waals surface area (Å²) in [6.07, 6.45) is 7.42. The summed E-state index contributed by atoms with van der Waals surface area (Å²) in [4.78, 5) is 17.5. The molecule has 7 heteroatoms. The molecule has 2 atom stereocenters. The van der Waals surface area contributed by atoms with Gasteiger partial charge in [0.25, 0.3) is 0 Å². The molecule has 2 unspecified atom stereocenters. The maximum Gasteiger partial charge on any atom is 0.225 e. The molecular formula is C23H39N3O3S. The van der Waals surface area contributed by atoms with E-state index in [1.54, 1.807) is 0 Å². The third-order valence-electron chi connectivity index (χ3n) is 7.61. The van der Waals surface area contributed by atoms with Crippen LogP contribution in [0.15, 0.2) is 23.3 Å². The quantitative estimate of drug-likeness (QED) is 0.733. The Morgan fingerprint density at radius 1 is 1.10 bits per heavy atom. The zero-order valence-corrected chi connectivity index (χ0v) is 20.0. The third kappa shape index (κ3) is 4.68. The van der Waals surface area contributed by atoms with Gasteiger partial charge in [-0.05, 0) is 59.3 Å². The number of piperazine rings is 1. The fraction of sp³-hybridized carbons (Fsp3) is 0.783. The van der Waals surface area contributed by atoms with Crippen molar-refractivity contribution in [2.45, 2.75) is 71.6 Å². The van der Waals surface area contributed by atoms with Crippen molar-refractivity contribution in [2.75, 3.05) is 26.2 Å². The van der Waals surface area contributed by atoms with Crippen LogP contribution in [-0.2, 0) is 14.8 Å². The first kappa shape index (κ1) is 23.5. The van der Waals surface area contributed by atoms with Crippen molar-refractivity contribution >= 4 is 15.9 Å². The number of sulfonamides is 1. The second-order valence-electron chi connectivity index (χ2n) is 10.1. The van der Waals surface area contributed by atoms with E-state index in [1.807, 2.05) is 31.7 Å². The van der Waals surface area contributed by atoms with Crippen LogP contribution in [0.5, 0.6) is 0 Å². The predicted octanol–water partition coefficient (Wildman–Crippen LogP) is 2.92. The van der Waals surface area contributed by atoms with Gasteiger partial charge in [0, 0.05) is 43.6 Å². The molecule has 1 saturated heterocycles. The summed E-state index contributed by atoms with van der Waals surface area (Å²) >= 11 is 0. The molecule has 3 rings (SSSR count). The molecular weight excluding hydrogens is 398 g/mol. The van der Waals surface area contributed by atoms with Gasteiger partial charge < -0.3 is 4.90 Å². The number of carbonyl (C=O) groups excluding carboxylic acids is 1. The van der Waals surface area contributed by atoms with Crippen molar-refractivity contribution in [1.29, 1.82) is 0 Å². The van der Waals surface area contributed by atoms with Crippen LogP contribution in [0.25, 0.3) is 0 Å². The number of hydrogen-bond donors (Lipinski definition) is 1. The summed E-state index contributed by atoms with van der Waals surface area (Å²) < 4.78 is 24.9. The molecule has 0 bridgehead atoms. The Labute approximate surface area is 182 Å². The number of amides is 1. The van der Waals surface area contributed by atoms with Crippen molar-refractivity contribution in [1.82, 2.24) is 9.80 Å². The summed E-state index contributed by atoms with van der Waals surface area (Å²) in [7, 11) is -3.71. The molecule has 6 nitrogen and oxygen atoms in total. The van der Waals surface area contributed by atoms with Crippen LogP contribution in [0, 0.1) is 17.3 Å². The number of carbonyl (C=O) groups is 1. The van der Waals surface area contributed by atoms with Crippen molar-refractivity contribution in [3.63, 3.8) is 0 Å². The zero-order valence-electron chi connectivity index (χ0n) is 19.2. The largest absolute Gasteiger partial charge is 0.340 e. The van der Waals surface area contributed by atoms with E-state index in [-0.39, 0.29) is 17.7 Å². The van der Waals surface area contributed by atoms with E-state index in [4.69, 9.17) is 5.14 Å². The highest BCUT2D eigenvalue weighted by atomic mass is 32.2. The van der Waals surface area contributed by atoms with Crippen LogP contribution in [0.3, 0.4) is 0 Å². The van der Waals surface area contributed by atoms with Crippen molar-refractivity contribution in [3.8, 4) is 0 Å². The average molecular weight is 438 g/mol. The maximum absolute atomic E-state index is 13.1. The van der Waals surface area contributed by atoms with Gasteiger partial charge in [0.05, 0.1) is 0 Å². The van der Waals surface area contributed by atoms with E-state index in [2.05, 4.69) is 24.8 Å². The standard InChI is InChI=1S/C23H39N3O3S/c1-16(2)25-10-12-26(13-11-25)22(27)19-6-8-20(9-7-19)23(5)15-17(3)14-18(4)21(23)30(24,28)29/h14-16,19-21H,6-13H2,1-5H3,(H2,24,28,29). The highest BCUT2D eigenvalue weighted by Crippen LogP contribution is 2.49. The summed E-state index contributed by atoms with van der Waals surface area (Å²) in [5.74, 6) is 0.561. The molecule has 1 heterocycles. The van der Waals surface area contributed by atoms with E-state index in [0.29, 0.717) is 6.04 Å². The highest BCUT2D eigenvalue weighted by molar-refractivity contribution is 7.90. The molecule has 1 saturated carbocycles. The van der Waals surface area contributed by atoms with Crippen LogP contribution in [0.1, 0.15) is 60.3 Å². The van der Waals surface area contributed by atoms with Gasteiger partial charge in [-0.1, -0.05) is 30.2 Å². The van der Waals surface area contributed by atoms with Crippen LogP contribution in [-0.4, -0.2) is 61.6 Å². The van der Waals surface area contributed by atoms with E-state index in [1.165, 1.54) is 0 Å². The Kier molecular flexibility index (Phi) is 6.85. The third-order valence-corrected chi connectivity index (χ3v) is 9.15. The van der Waals surface area contributed by atoms with E-state index >= 15 is 0 Å². The number of rotatable bonds is 4. The summed E-state index contributed by atoms with van der Waals surface area (Å²) in [6.45, 7) is 13.9. The fourth-order valence-electron chi connectivity index (χ4n) is 6.16. The Hall–Kier alpha value is -1.18. The van der Waals surface area contributed by atoms with Crippen LogP contribution in [0.4, 0.5) is 0 Å². The summed E-state index contributed by atoms with van der Waals surface area (Å²) in [5, 5.41) is 4.99. The Morgan fingerprint density at radius 2 is 1.67 bits per heavy atom. The van der Waals surface area contributed by atoms with Gasteiger partial charge in [0.1, 0.15) is 5.25 Å². The maximum atomic E-state index is 13.1. The lowest BCUT2D eigenvalue weighted by Crippen LogP contribution is -2.53. The lowest BCUT2D eigenvalue weighted by molar-refractivity contribution is -0.139. The normalized spacial score (nSPS) is 34.0. The SMILES string of the molecule is CC1=CC(C)(C2CCC(C(=O)N3CCN(C(C)C)CC3)CC2)C(S(N)(=O)=O)C(C)=C1. The Bertz CT molecular complexity index is 817. The molecule has 0 aromatic rings. The second-order valence-corrected chi connectivity index (χ2v) is 11.8. The molecule has 0 aromatic heterocycles. The minimum absolute atomic E-state index is 0.0636. The lowest BCUT2D eigenvalue weighted by Gasteiger charge is -2.46. The summed E-state index contributed by atoms with van der Waals surface area (Å²) in [6, 6.07) is 0.523. The first-order chi connectivity index (χ1) is 13.9. The topological polar surface area (TPSA) is 83.7 Å². The molecule has 30 heavy (non-hydrogen) atoms. The Balaban J connectivity index is 1.66. The average Bonchev–Trinajstić information content (AvgIpc) is 2.65. The molecule has 2 aliphatic carbocycles. The van der Waals surface area contributed by atoms with Gasteiger partial charge in [-0.2, -0.15) is 0 Å². The van der Waals surface area contributed by atoms with Crippen molar-refractivity contribution < 1.29 is 13.2 Å². The molecule has 2 fully saturated rings. The molecule has 1 aliphatic heterocycles. The minimum Gasteiger partial charge on any atom is -0.340 e. The van der Waals surface area contributed by atoms with Crippen molar-refractivity contribution in [3.05, 3.63) is 23.3 Å². The van der Waals surface area contributed by atoms with Gasteiger partial charge >= 0.3 is 0 Å². The number of nitrogens with two attached hydrogens (primary N) is 1. The Morgan fingerprint density at radius 3 is 2.17 bits per heavy atom. The molecule has 0 aromatic carbocycles. The van der Waals surface area contributed by atoms with Gasteiger partial charge in [-0.15, -0.1) is 0 Å². The first-order valence-electron chi connectivity index (χ1n) is 11.4. The van der Waals surface area contributed by atoms with E-state index in [9.17, 15) is 13.2 Å². The van der Waals surface area contributed by atoms with Gasteiger partial charge in [-0.25, -0.2) is 13.6 Å². The highest BCUT2D eigenvalue weighted by Gasteiger charge is 2.49. The smallest absolute Gasteiger partial charge is 0.225 e. The van der Waals surface area contributed by atoms with Gasteiger partial charge in [0.2, 0.25) is 15.9 Å². The molecule has 2 N–H and O–H groups in total. The number of allylic oxidation sites excluding steroid dienone is 3. The molecule has 3 aliphatic rings. The first-order valence-corrected chi connectivity index (χ1v) is 13.0. The zero-order chi connectivity index (χ0) is 22.3. The second kappa shape index (κ2) is 8.75. The number of hydrogen-bond acceptors (Lipinski definition) is 4. The molecule has 1 amide bonds. The van der Waals surface area contributed by atoms with Crippen molar-refractivity contribution in [2.24, 2.45) is 22.4 Å². The molecule has 0 spiro atoms. The predicted molar refractivity (Wildman–Crippen MR) is 121 cm³/mol. The van der Waals surface area contributed by atoms with Gasteiger partial charge in [-0.3, -0.25) is 9.69 Å². The fourth-order valence-corrected chi connectivity index (χ4v) is 7.71. The van der Waals surface area contributed by atoms with E-state index < -0.39 is 20.7 Å². The summed E-state index contributed by atoms with van der Waals surface area (Å²) in [5.41, 5.74) is 1.39. The van der Waals surface area contributed by atoms with E-state index in [0.717, 1.165) is 63.0 Å². The molecule has 0 radical (unpaired) electrons. The number of nitrogens with zero attached hydrogens (tertiary/aromatic N) is 2. The monoisotopic (exact) mass is 437 g/mol. The lowest BCUT2D eigenvalue weighted by atomic mass is 9.63. The van der Waals surface area contributed by atoms with Gasteiger partial charge in [0.15, 0.2) is 0 Å².